The third-order valence-electron chi connectivity index (χ3n) is 1.62. The lowest BCUT2D eigenvalue weighted by molar-refractivity contribution is -0.0697. The van der Waals surface area contributed by atoms with Gasteiger partial charge in [0, 0.05) is 0 Å². The van der Waals surface area contributed by atoms with Crippen molar-refractivity contribution in [2.45, 2.75) is 5.54 Å². The molecule has 2 heterocycles. The first-order valence-corrected chi connectivity index (χ1v) is 3.98. The van der Waals surface area contributed by atoms with Crippen LogP contribution >= 0.6 is 28.3 Å². The second-order valence-electron chi connectivity index (χ2n) is 2.62. The molecule has 1 aromatic rings. The molecule has 1 fully saturated rings. The van der Waals surface area contributed by atoms with E-state index in [0.29, 0.717) is 23.8 Å². The molecular weight excluding hydrogens is 247 g/mol. The highest BCUT2D eigenvalue weighted by Gasteiger charge is 2.40. The normalized spacial score (nSPS) is 19.5. The lowest BCUT2D eigenvalue weighted by Crippen LogP contribution is -2.54. The summed E-state index contributed by atoms with van der Waals surface area (Å²) in [5.41, 5.74) is 5.34. The summed E-state index contributed by atoms with van der Waals surface area (Å²) in [6.07, 6.45) is 1.59. The second-order valence-corrected chi connectivity index (χ2v) is 3.40. The summed E-state index contributed by atoms with van der Waals surface area (Å²) in [7, 11) is 0. The Kier molecular flexibility index (Phi) is 2.77. The minimum Gasteiger partial charge on any atom is -0.432 e. The van der Waals surface area contributed by atoms with Gasteiger partial charge < -0.3 is 14.9 Å². The molecule has 1 aliphatic heterocycles. The molecule has 1 aliphatic rings. The van der Waals surface area contributed by atoms with Gasteiger partial charge in [0.1, 0.15) is 5.54 Å². The molecule has 0 atom stereocenters. The number of hydrogen-bond acceptors (Lipinski definition) is 4. The molecule has 0 aliphatic carbocycles. The molecule has 1 aromatic heterocycles. The molecule has 0 spiro atoms. The molecule has 6 heteroatoms. The first-order chi connectivity index (χ1) is 5.21. The van der Waals surface area contributed by atoms with Crippen molar-refractivity contribution in [1.29, 1.82) is 0 Å². The van der Waals surface area contributed by atoms with E-state index in [1.807, 2.05) is 0 Å². The van der Waals surface area contributed by atoms with Gasteiger partial charge in [-0.25, -0.2) is 4.98 Å². The average molecular weight is 255 g/mol. The molecule has 1 saturated heterocycles. The maximum Gasteiger partial charge on any atom is 0.220 e. The molecule has 12 heavy (non-hydrogen) atoms. The fourth-order valence-electron chi connectivity index (χ4n) is 0.930. The van der Waals surface area contributed by atoms with E-state index in [4.69, 9.17) is 14.9 Å². The summed E-state index contributed by atoms with van der Waals surface area (Å²) in [4.78, 5) is 3.99. The highest BCUT2D eigenvalue weighted by Crippen LogP contribution is 2.27. The molecule has 68 valence electrons. The van der Waals surface area contributed by atoms with Crippen LogP contribution in [0.1, 0.15) is 5.89 Å². The van der Waals surface area contributed by atoms with Crippen LogP contribution in [-0.2, 0) is 10.3 Å². The number of ether oxygens (including phenoxy) is 1. The van der Waals surface area contributed by atoms with Gasteiger partial charge in [0.15, 0.2) is 4.67 Å². The van der Waals surface area contributed by atoms with Crippen LogP contribution in [0.25, 0.3) is 0 Å². The van der Waals surface area contributed by atoms with Gasteiger partial charge in [-0.15, -0.1) is 12.4 Å². The number of halogens is 2. The van der Waals surface area contributed by atoms with Crippen LogP contribution in [0.4, 0.5) is 0 Å². The molecule has 4 nitrogen and oxygen atoms in total. The van der Waals surface area contributed by atoms with E-state index < -0.39 is 5.54 Å². The number of oxazole rings is 1. The molecule has 0 saturated carbocycles. The topological polar surface area (TPSA) is 61.3 Å². The Balaban J connectivity index is 0.000000720. The second kappa shape index (κ2) is 3.33. The predicted molar refractivity (Wildman–Crippen MR) is 48.1 cm³/mol. The standard InChI is InChI=1S/C6H7BrN2O2.ClH/c7-4-1-9-5(11-4)6(8)2-10-3-6;/h1H,2-3,8H2;1H. The predicted octanol–water partition coefficient (Wildman–Crippen LogP) is 1.04. The van der Waals surface area contributed by atoms with Gasteiger partial charge in [-0.2, -0.15) is 0 Å². The number of rotatable bonds is 1. The van der Waals surface area contributed by atoms with Crippen molar-refractivity contribution in [3.63, 3.8) is 0 Å². The number of nitrogens with zero attached hydrogens (tertiary/aromatic N) is 1. The minimum absolute atomic E-state index is 0. The minimum atomic E-state index is -0.494. The monoisotopic (exact) mass is 254 g/mol. The Labute approximate surface area is 84.0 Å². The Bertz CT molecular complexity index is 274. The Hall–Kier alpha value is -0.100. The van der Waals surface area contributed by atoms with Crippen molar-refractivity contribution >= 4 is 28.3 Å². The van der Waals surface area contributed by atoms with Crippen molar-refractivity contribution < 1.29 is 9.15 Å². The van der Waals surface area contributed by atoms with E-state index in [1.165, 1.54) is 0 Å². The summed E-state index contributed by atoms with van der Waals surface area (Å²) < 4.78 is 10.8. The van der Waals surface area contributed by atoms with Crippen molar-refractivity contribution in [2.75, 3.05) is 13.2 Å². The van der Waals surface area contributed by atoms with Crippen molar-refractivity contribution in [1.82, 2.24) is 4.98 Å². The van der Waals surface area contributed by atoms with E-state index in [1.54, 1.807) is 6.20 Å². The molecule has 0 amide bonds. The highest BCUT2D eigenvalue weighted by atomic mass is 79.9. The lowest BCUT2D eigenvalue weighted by Gasteiger charge is -2.34. The average Bonchev–Trinajstić information content (AvgIpc) is 2.31. The summed E-state index contributed by atoms with van der Waals surface area (Å²) in [5.74, 6) is 0.538. The van der Waals surface area contributed by atoms with Crippen LogP contribution in [-0.4, -0.2) is 18.2 Å². The SMILES string of the molecule is Cl.NC1(c2ncc(Br)o2)COC1. The molecule has 2 rings (SSSR count). The number of aromatic nitrogens is 1. The number of nitrogens with two attached hydrogens (primary N) is 1. The highest BCUT2D eigenvalue weighted by molar-refractivity contribution is 9.10. The molecule has 0 aromatic carbocycles. The molecular formula is C6H8BrClN2O2. The first-order valence-electron chi connectivity index (χ1n) is 3.19. The molecule has 0 bridgehead atoms. The zero-order valence-corrected chi connectivity index (χ0v) is 8.52. The van der Waals surface area contributed by atoms with E-state index in [-0.39, 0.29) is 12.4 Å². The third-order valence-corrected chi connectivity index (χ3v) is 1.99. The van der Waals surface area contributed by atoms with Gasteiger partial charge in [0.2, 0.25) is 5.89 Å². The van der Waals surface area contributed by atoms with E-state index in [9.17, 15) is 0 Å². The summed E-state index contributed by atoms with van der Waals surface area (Å²) in [5, 5.41) is 0. The zero-order chi connectivity index (χ0) is 7.90. The van der Waals surface area contributed by atoms with Crippen LogP contribution in [0, 0.1) is 0 Å². The van der Waals surface area contributed by atoms with E-state index >= 15 is 0 Å². The van der Waals surface area contributed by atoms with Gasteiger partial charge in [-0.1, -0.05) is 0 Å². The fourth-order valence-corrected chi connectivity index (χ4v) is 1.19. The Morgan fingerprint density at radius 2 is 2.25 bits per heavy atom. The van der Waals surface area contributed by atoms with Crippen LogP contribution in [0.2, 0.25) is 0 Å². The third kappa shape index (κ3) is 1.50. The van der Waals surface area contributed by atoms with Crippen LogP contribution in [0.3, 0.4) is 0 Å². The van der Waals surface area contributed by atoms with Crippen molar-refractivity contribution in [2.24, 2.45) is 5.73 Å². The quantitative estimate of drug-likeness (QED) is 0.814. The first kappa shape index (κ1) is 9.98. The van der Waals surface area contributed by atoms with Crippen molar-refractivity contribution in [3.8, 4) is 0 Å². The van der Waals surface area contributed by atoms with Crippen molar-refractivity contribution in [3.05, 3.63) is 16.8 Å². The smallest absolute Gasteiger partial charge is 0.220 e. The maximum absolute atomic E-state index is 5.84. The lowest BCUT2D eigenvalue weighted by atomic mass is 10.00. The van der Waals surface area contributed by atoms with Gasteiger partial charge in [0.25, 0.3) is 0 Å². The molecule has 0 radical (unpaired) electrons. The Morgan fingerprint density at radius 1 is 1.58 bits per heavy atom. The van der Waals surface area contributed by atoms with Crippen LogP contribution in [0.5, 0.6) is 0 Å². The van der Waals surface area contributed by atoms with Crippen LogP contribution < -0.4 is 5.73 Å². The fraction of sp³-hybridized carbons (Fsp3) is 0.500. The summed E-state index contributed by atoms with van der Waals surface area (Å²) in [6.45, 7) is 0.972. The molecule has 2 N–H and O–H groups in total. The van der Waals surface area contributed by atoms with E-state index in [0.717, 1.165) is 0 Å². The summed E-state index contributed by atoms with van der Waals surface area (Å²) >= 11 is 3.15. The van der Waals surface area contributed by atoms with Gasteiger partial charge in [-0.3, -0.25) is 0 Å². The van der Waals surface area contributed by atoms with Crippen LogP contribution in [0.15, 0.2) is 15.3 Å². The maximum atomic E-state index is 5.84. The number of hydrogen-bond donors (Lipinski definition) is 1. The molecule has 0 unspecified atom stereocenters. The van der Waals surface area contributed by atoms with Gasteiger partial charge in [-0.05, 0) is 15.9 Å². The largest absolute Gasteiger partial charge is 0.432 e. The summed E-state index contributed by atoms with van der Waals surface area (Å²) in [6, 6.07) is 0. The van der Waals surface area contributed by atoms with E-state index in [2.05, 4.69) is 20.9 Å². The van der Waals surface area contributed by atoms with Gasteiger partial charge >= 0.3 is 0 Å². The Morgan fingerprint density at radius 3 is 2.58 bits per heavy atom. The van der Waals surface area contributed by atoms with Gasteiger partial charge in [0.05, 0.1) is 19.4 Å². The zero-order valence-electron chi connectivity index (χ0n) is 6.12.